The molecular formula is C4H8BrCl. The van der Waals surface area contributed by atoms with Crippen LogP contribution in [0.4, 0.5) is 0 Å². The van der Waals surface area contributed by atoms with Gasteiger partial charge < -0.3 is 0 Å². The Morgan fingerprint density at radius 1 is 1.50 bits per heavy atom. The Hall–Kier alpha value is 0.770. The predicted molar refractivity (Wildman–Crippen MR) is 33.4 cm³/mol. The fourth-order valence-corrected chi connectivity index (χ4v) is 0. The van der Waals surface area contributed by atoms with Gasteiger partial charge in [0, 0.05) is 0 Å². The van der Waals surface area contributed by atoms with Gasteiger partial charge in [-0.15, -0.1) is 11.6 Å². The average molecular weight is 171 g/mol. The molecule has 0 saturated carbocycles. The highest BCUT2D eigenvalue weighted by atomic mass is 79.9. The zero-order chi connectivity index (χ0) is 5.15. The van der Waals surface area contributed by atoms with Crippen molar-refractivity contribution in [2.75, 3.05) is 0 Å². The Kier molecular flexibility index (Phi) is 3.23. The highest BCUT2D eigenvalue weighted by Crippen LogP contribution is 2.14. The van der Waals surface area contributed by atoms with Gasteiger partial charge in [-0.3, -0.25) is 0 Å². The molecule has 38 valence electrons. The number of halogens is 2. The minimum atomic E-state index is 0.137. The number of rotatable bonds is 1. The van der Waals surface area contributed by atoms with E-state index in [4.69, 9.17) is 11.6 Å². The second-order valence-electron chi connectivity index (χ2n) is 1.58. The van der Waals surface area contributed by atoms with Gasteiger partial charge in [0.2, 0.25) is 0 Å². The predicted octanol–water partition coefficient (Wildman–Crippen LogP) is 2.60. The molecular weight excluding hydrogens is 163 g/mol. The van der Waals surface area contributed by atoms with Crippen molar-refractivity contribution >= 4 is 27.5 Å². The maximum absolute atomic E-state index is 5.53. The molecule has 0 bridgehead atoms. The van der Waals surface area contributed by atoms with Gasteiger partial charge in [-0.05, 0) is 5.92 Å². The summed E-state index contributed by atoms with van der Waals surface area (Å²) in [6, 6.07) is 0. The summed E-state index contributed by atoms with van der Waals surface area (Å²) >= 11 is 8.73. The molecule has 0 unspecified atom stereocenters. The maximum Gasteiger partial charge on any atom is 0.0909 e. The second kappa shape index (κ2) is 2.86. The summed E-state index contributed by atoms with van der Waals surface area (Å²) in [5.41, 5.74) is 0. The van der Waals surface area contributed by atoms with Crippen LogP contribution in [-0.2, 0) is 0 Å². The van der Waals surface area contributed by atoms with E-state index in [1.54, 1.807) is 0 Å². The molecule has 0 amide bonds. The normalized spacial score (nSPS) is 15.5. The summed E-state index contributed by atoms with van der Waals surface area (Å²) in [7, 11) is 0. The molecule has 0 aliphatic rings. The van der Waals surface area contributed by atoms with Gasteiger partial charge in [0.15, 0.2) is 0 Å². The molecule has 0 heterocycles. The van der Waals surface area contributed by atoms with E-state index in [0.29, 0.717) is 5.92 Å². The first-order valence-corrected chi connectivity index (χ1v) is 3.28. The summed E-state index contributed by atoms with van der Waals surface area (Å²) in [6.07, 6.45) is 0. The molecule has 0 aromatic rings. The van der Waals surface area contributed by atoms with Crippen molar-refractivity contribution in [2.24, 2.45) is 5.92 Å². The van der Waals surface area contributed by atoms with E-state index in [9.17, 15) is 0 Å². The number of hydrogen-bond acceptors (Lipinski definition) is 0. The van der Waals surface area contributed by atoms with E-state index < -0.39 is 0 Å². The van der Waals surface area contributed by atoms with Gasteiger partial charge >= 0.3 is 0 Å². The maximum atomic E-state index is 5.53. The fourth-order valence-electron chi connectivity index (χ4n) is 0. The lowest BCUT2D eigenvalue weighted by Gasteiger charge is -2.00. The van der Waals surface area contributed by atoms with Gasteiger partial charge in [0.1, 0.15) is 0 Å². The first kappa shape index (κ1) is 6.77. The van der Waals surface area contributed by atoms with Crippen LogP contribution >= 0.6 is 27.5 Å². The second-order valence-corrected chi connectivity index (χ2v) is 3.56. The van der Waals surface area contributed by atoms with Crippen molar-refractivity contribution in [3.05, 3.63) is 0 Å². The van der Waals surface area contributed by atoms with Crippen molar-refractivity contribution in [2.45, 2.75) is 18.1 Å². The van der Waals surface area contributed by atoms with Crippen LogP contribution in [0.1, 0.15) is 13.8 Å². The van der Waals surface area contributed by atoms with Crippen LogP contribution in [0.2, 0.25) is 0 Å². The van der Waals surface area contributed by atoms with Crippen LogP contribution in [0, 0.1) is 5.92 Å². The molecule has 0 radical (unpaired) electrons. The molecule has 0 aliphatic carbocycles. The molecule has 0 nitrogen and oxygen atoms in total. The Morgan fingerprint density at radius 3 is 1.67 bits per heavy atom. The lowest BCUT2D eigenvalue weighted by Crippen LogP contribution is -1.95. The molecule has 1 atom stereocenters. The lowest BCUT2D eigenvalue weighted by atomic mass is 10.3. The molecule has 0 fully saturated rings. The standard InChI is InChI=1S/C4H8BrCl/c1-3(2)4(5)6/h3-4H,1-2H3/t4-/m1/s1. The molecule has 0 aromatic carbocycles. The van der Waals surface area contributed by atoms with Crippen molar-refractivity contribution in [1.29, 1.82) is 0 Å². The van der Waals surface area contributed by atoms with E-state index in [0.717, 1.165) is 0 Å². The smallest absolute Gasteiger partial charge is 0.0909 e. The van der Waals surface area contributed by atoms with Gasteiger partial charge in [0.25, 0.3) is 0 Å². The van der Waals surface area contributed by atoms with Crippen molar-refractivity contribution in [3.63, 3.8) is 0 Å². The summed E-state index contributed by atoms with van der Waals surface area (Å²) in [4.78, 5) is 0. The van der Waals surface area contributed by atoms with E-state index in [1.165, 1.54) is 0 Å². The van der Waals surface area contributed by atoms with Crippen LogP contribution in [-0.4, -0.2) is 4.29 Å². The van der Waals surface area contributed by atoms with Crippen molar-refractivity contribution in [3.8, 4) is 0 Å². The van der Waals surface area contributed by atoms with E-state index in [2.05, 4.69) is 29.8 Å². The largest absolute Gasteiger partial charge is 0.110 e. The first-order valence-electron chi connectivity index (χ1n) is 1.92. The first-order chi connectivity index (χ1) is 2.64. The van der Waals surface area contributed by atoms with Crippen LogP contribution in [0.5, 0.6) is 0 Å². The highest BCUT2D eigenvalue weighted by molar-refractivity contribution is 9.10. The third-order valence-corrected chi connectivity index (χ3v) is 2.07. The highest BCUT2D eigenvalue weighted by Gasteiger charge is 2.00. The Balaban J connectivity index is 2.99. The zero-order valence-corrected chi connectivity index (χ0v) is 6.25. The summed E-state index contributed by atoms with van der Waals surface area (Å²) < 4.78 is 0.137. The molecule has 0 spiro atoms. The molecule has 6 heavy (non-hydrogen) atoms. The Morgan fingerprint density at radius 2 is 1.67 bits per heavy atom. The van der Waals surface area contributed by atoms with Gasteiger partial charge in [-0.1, -0.05) is 29.8 Å². The summed E-state index contributed by atoms with van der Waals surface area (Å²) in [5.74, 6) is 0.534. The number of alkyl halides is 2. The zero-order valence-electron chi connectivity index (χ0n) is 3.91. The van der Waals surface area contributed by atoms with Crippen LogP contribution < -0.4 is 0 Å². The monoisotopic (exact) mass is 170 g/mol. The van der Waals surface area contributed by atoms with Crippen molar-refractivity contribution < 1.29 is 0 Å². The van der Waals surface area contributed by atoms with Crippen LogP contribution in [0.25, 0.3) is 0 Å². The SMILES string of the molecule is CC(C)[C@@H](Cl)Br. The quantitative estimate of drug-likeness (QED) is 0.532. The van der Waals surface area contributed by atoms with E-state index in [1.807, 2.05) is 0 Å². The third kappa shape index (κ3) is 2.98. The molecule has 0 aromatic heterocycles. The lowest BCUT2D eigenvalue weighted by molar-refractivity contribution is 0.722. The molecule has 0 aliphatic heterocycles. The molecule has 0 N–H and O–H groups in total. The Bertz CT molecular complexity index is 28.5. The third-order valence-electron chi connectivity index (χ3n) is 0.504. The molecule has 0 rings (SSSR count). The van der Waals surface area contributed by atoms with Crippen LogP contribution in [0.15, 0.2) is 0 Å². The van der Waals surface area contributed by atoms with Crippen molar-refractivity contribution in [1.82, 2.24) is 0 Å². The Labute approximate surface area is 52.0 Å². The molecule has 0 saturated heterocycles. The minimum absolute atomic E-state index is 0.137. The number of hydrogen-bond donors (Lipinski definition) is 0. The van der Waals surface area contributed by atoms with Gasteiger partial charge in [-0.25, -0.2) is 0 Å². The van der Waals surface area contributed by atoms with E-state index >= 15 is 0 Å². The average Bonchev–Trinajstić information content (AvgIpc) is 1.36. The van der Waals surface area contributed by atoms with E-state index in [-0.39, 0.29) is 4.29 Å². The minimum Gasteiger partial charge on any atom is -0.110 e. The van der Waals surface area contributed by atoms with Gasteiger partial charge in [0.05, 0.1) is 4.29 Å². The fraction of sp³-hybridized carbons (Fsp3) is 1.00. The topological polar surface area (TPSA) is 0 Å². The summed E-state index contributed by atoms with van der Waals surface area (Å²) in [6.45, 7) is 4.12. The molecule has 2 heteroatoms. The summed E-state index contributed by atoms with van der Waals surface area (Å²) in [5, 5.41) is 0. The van der Waals surface area contributed by atoms with Gasteiger partial charge in [-0.2, -0.15) is 0 Å². The van der Waals surface area contributed by atoms with Crippen LogP contribution in [0.3, 0.4) is 0 Å².